The zero-order valence-corrected chi connectivity index (χ0v) is 10.5. The highest BCUT2D eigenvalue weighted by molar-refractivity contribution is 7.99. The van der Waals surface area contributed by atoms with E-state index in [4.69, 9.17) is 5.73 Å². The van der Waals surface area contributed by atoms with E-state index in [2.05, 4.69) is 32.9 Å². The van der Waals surface area contributed by atoms with Crippen LogP contribution in [0.2, 0.25) is 0 Å². The third-order valence-electron chi connectivity index (χ3n) is 3.39. The van der Waals surface area contributed by atoms with E-state index < -0.39 is 0 Å². The van der Waals surface area contributed by atoms with Crippen molar-refractivity contribution in [2.45, 2.75) is 44.2 Å². The molecule has 0 bridgehead atoms. The summed E-state index contributed by atoms with van der Waals surface area (Å²) in [6, 6.07) is 4.65. The Kier molecular flexibility index (Phi) is 3.08. The number of fused-ring (bicyclic) bond motifs is 1. The first-order chi connectivity index (χ1) is 7.15. The maximum atomic E-state index is 6.35. The molecule has 0 amide bonds. The number of rotatable bonds is 1. The second-order valence-electron chi connectivity index (χ2n) is 4.38. The average molecular weight is 221 g/mol. The summed E-state index contributed by atoms with van der Waals surface area (Å²) in [6.07, 6.45) is 1.17. The van der Waals surface area contributed by atoms with Gasteiger partial charge in [-0.1, -0.05) is 19.1 Å². The Labute approximate surface area is 96.4 Å². The normalized spacial score (nSPS) is 25.1. The van der Waals surface area contributed by atoms with Gasteiger partial charge in [0.05, 0.1) is 0 Å². The van der Waals surface area contributed by atoms with E-state index in [-0.39, 0.29) is 6.04 Å². The lowest BCUT2D eigenvalue weighted by atomic mass is 9.90. The lowest BCUT2D eigenvalue weighted by molar-refractivity contribution is 0.638. The minimum Gasteiger partial charge on any atom is -0.323 e. The van der Waals surface area contributed by atoms with E-state index in [0.29, 0.717) is 5.25 Å². The standard InChI is InChI=1S/C13H19NS/c1-4-11-13(14)12-9(3)6-5-8(2)10(12)7-15-11/h5-6,11,13H,4,7,14H2,1-3H3. The van der Waals surface area contributed by atoms with Crippen LogP contribution in [0, 0.1) is 13.8 Å². The summed E-state index contributed by atoms with van der Waals surface area (Å²) in [7, 11) is 0. The molecular weight excluding hydrogens is 202 g/mol. The maximum Gasteiger partial charge on any atom is 0.0421 e. The molecule has 82 valence electrons. The molecule has 1 aromatic carbocycles. The Morgan fingerprint density at radius 2 is 2.00 bits per heavy atom. The van der Waals surface area contributed by atoms with Gasteiger partial charge in [-0.05, 0) is 42.5 Å². The van der Waals surface area contributed by atoms with E-state index in [0.717, 1.165) is 5.75 Å². The minimum absolute atomic E-state index is 0.226. The Balaban J connectivity index is 2.50. The molecule has 0 spiro atoms. The first-order valence-corrected chi connectivity index (χ1v) is 6.66. The largest absolute Gasteiger partial charge is 0.323 e. The van der Waals surface area contributed by atoms with Crippen LogP contribution in [0.1, 0.15) is 41.6 Å². The van der Waals surface area contributed by atoms with Gasteiger partial charge in [-0.2, -0.15) is 11.8 Å². The summed E-state index contributed by atoms with van der Waals surface area (Å²) in [4.78, 5) is 0. The van der Waals surface area contributed by atoms with Crippen molar-refractivity contribution in [3.8, 4) is 0 Å². The Morgan fingerprint density at radius 3 is 2.67 bits per heavy atom. The molecule has 1 aliphatic heterocycles. The number of hydrogen-bond donors (Lipinski definition) is 1. The van der Waals surface area contributed by atoms with Gasteiger partial charge in [0.15, 0.2) is 0 Å². The smallest absolute Gasteiger partial charge is 0.0421 e. The Bertz CT molecular complexity index is 373. The van der Waals surface area contributed by atoms with Crippen LogP contribution in [0.5, 0.6) is 0 Å². The second kappa shape index (κ2) is 4.18. The highest BCUT2D eigenvalue weighted by Crippen LogP contribution is 2.40. The van der Waals surface area contributed by atoms with Gasteiger partial charge >= 0.3 is 0 Å². The molecule has 0 radical (unpaired) electrons. The molecule has 0 fully saturated rings. The Hall–Kier alpha value is -0.470. The second-order valence-corrected chi connectivity index (χ2v) is 5.60. The zero-order chi connectivity index (χ0) is 11.0. The molecule has 1 heterocycles. The van der Waals surface area contributed by atoms with Gasteiger partial charge in [-0.15, -0.1) is 0 Å². The SMILES string of the molecule is CCC1SCc2c(C)ccc(C)c2C1N. The first kappa shape index (κ1) is 11.0. The van der Waals surface area contributed by atoms with Crippen molar-refractivity contribution in [2.24, 2.45) is 5.73 Å². The molecule has 2 heteroatoms. The molecule has 0 saturated heterocycles. The van der Waals surface area contributed by atoms with E-state index in [1.165, 1.54) is 28.7 Å². The topological polar surface area (TPSA) is 26.0 Å². The van der Waals surface area contributed by atoms with Gasteiger partial charge in [0.1, 0.15) is 0 Å². The minimum atomic E-state index is 0.226. The summed E-state index contributed by atoms with van der Waals surface area (Å²) in [5, 5.41) is 0.595. The molecule has 2 atom stereocenters. The van der Waals surface area contributed by atoms with Crippen LogP contribution in [-0.4, -0.2) is 5.25 Å². The number of benzene rings is 1. The van der Waals surface area contributed by atoms with Crippen molar-refractivity contribution >= 4 is 11.8 Å². The monoisotopic (exact) mass is 221 g/mol. The van der Waals surface area contributed by atoms with Crippen LogP contribution in [-0.2, 0) is 5.75 Å². The van der Waals surface area contributed by atoms with Crippen LogP contribution >= 0.6 is 11.8 Å². The summed E-state index contributed by atoms with van der Waals surface area (Å²) in [5.74, 6) is 1.13. The summed E-state index contributed by atoms with van der Waals surface area (Å²) in [6.45, 7) is 6.60. The molecule has 1 nitrogen and oxygen atoms in total. The van der Waals surface area contributed by atoms with Crippen molar-refractivity contribution in [3.05, 3.63) is 34.4 Å². The van der Waals surface area contributed by atoms with Crippen LogP contribution in [0.25, 0.3) is 0 Å². The van der Waals surface area contributed by atoms with Crippen LogP contribution in [0.3, 0.4) is 0 Å². The van der Waals surface area contributed by atoms with Gasteiger partial charge in [0.25, 0.3) is 0 Å². The maximum absolute atomic E-state index is 6.35. The molecular formula is C13H19NS. The van der Waals surface area contributed by atoms with Crippen molar-refractivity contribution in [3.63, 3.8) is 0 Å². The number of hydrogen-bond acceptors (Lipinski definition) is 2. The van der Waals surface area contributed by atoms with Gasteiger partial charge in [-0.3, -0.25) is 0 Å². The molecule has 1 aliphatic rings. The molecule has 0 saturated carbocycles. The van der Waals surface area contributed by atoms with Gasteiger partial charge in [0, 0.05) is 17.0 Å². The molecule has 1 aromatic rings. The number of aryl methyl sites for hydroxylation is 2. The van der Waals surface area contributed by atoms with Crippen molar-refractivity contribution < 1.29 is 0 Å². The van der Waals surface area contributed by atoms with Gasteiger partial charge < -0.3 is 5.73 Å². The van der Waals surface area contributed by atoms with Crippen molar-refractivity contribution in [1.82, 2.24) is 0 Å². The van der Waals surface area contributed by atoms with E-state index in [1.807, 2.05) is 11.8 Å². The fourth-order valence-electron chi connectivity index (χ4n) is 2.40. The van der Waals surface area contributed by atoms with Crippen molar-refractivity contribution in [1.29, 1.82) is 0 Å². The predicted molar refractivity (Wildman–Crippen MR) is 68.2 cm³/mol. The van der Waals surface area contributed by atoms with E-state index in [1.54, 1.807) is 0 Å². The molecule has 2 N–H and O–H groups in total. The summed E-state index contributed by atoms with van der Waals surface area (Å²) in [5.41, 5.74) is 12.0. The number of nitrogens with two attached hydrogens (primary N) is 1. The average Bonchev–Trinajstić information content (AvgIpc) is 2.23. The number of thioether (sulfide) groups is 1. The summed E-state index contributed by atoms with van der Waals surface area (Å²) >= 11 is 2.01. The van der Waals surface area contributed by atoms with Gasteiger partial charge in [-0.25, -0.2) is 0 Å². The Morgan fingerprint density at radius 1 is 1.33 bits per heavy atom. The van der Waals surface area contributed by atoms with Crippen LogP contribution in [0.4, 0.5) is 0 Å². The fourth-order valence-corrected chi connectivity index (χ4v) is 3.74. The molecule has 0 aliphatic carbocycles. The summed E-state index contributed by atoms with van der Waals surface area (Å²) < 4.78 is 0. The third kappa shape index (κ3) is 1.81. The lowest BCUT2D eigenvalue weighted by Gasteiger charge is -2.32. The molecule has 2 unspecified atom stereocenters. The van der Waals surface area contributed by atoms with Gasteiger partial charge in [0.2, 0.25) is 0 Å². The third-order valence-corrected chi connectivity index (χ3v) is 4.90. The van der Waals surface area contributed by atoms with E-state index >= 15 is 0 Å². The molecule has 15 heavy (non-hydrogen) atoms. The first-order valence-electron chi connectivity index (χ1n) is 5.61. The molecule has 0 aromatic heterocycles. The molecule has 2 rings (SSSR count). The van der Waals surface area contributed by atoms with Crippen molar-refractivity contribution in [2.75, 3.05) is 0 Å². The zero-order valence-electron chi connectivity index (χ0n) is 9.71. The van der Waals surface area contributed by atoms with E-state index in [9.17, 15) is 0 Å². The van der Waals surface area contributed by atoms with Crippen LogP contribution in [0.15, 0.2) is 12.1 Å². The van der Waals surface area contributed by atoms with Crippen LogP contribution < -0.4 is 5.73 Å². The quantitative estimate of drug-likeness (QED) is 0.787. The lowest BCUT2D eigenvalue weighted by Crippen LogP contribution is -2.29. The predicted octanol–water partition coefficient (Wildman–Crippen LogP) is 3.33. The highest BCUT2D eigenvalue weighted by Gasteiger charge is 2.27. The fraction of sp³-hybridized carbons (Fsp3) is 0.538. The highest BCUT2D eigenvalue weighted by atomic mass is 32.2.